The molecule has 2 saturated carbocycles. The highest BCUT2D eigenvalue weighted by Crippen LogP contribution is 2.54. The fraction of sp³-hybridized carbons (Fsp3) is 0.771. The Labute approximate surface area is 344 Å². The summed E-state index contributed by atoms with van der Waals surface area (Å²) in [6.45, 7) is 9.84. The number of fused-ring (bicyclic) bond motifs is 1. The van der Waals surface area contributed by atoms with Crippen molar-refractivity contribution in [2.45, 2.75) is 179 Å². The summed E-state index contributed by atoms with van der Waals surface area (Å²) in [6.07, 6.45) is 23.1. The van der Waals surface area contributed by atoms with Crippen molar-refractivity contribution >= 4 is 5.97 Å². The lowest BCUT2D eigenvalue weighted by atomic mass is 9.69. The minimum Gasteiger partial charge on any atom is -0.481 e. The van der Waals surface area contributed by atoms with Gasteiger partial charge in [-0.15, -0.1) is 0 Å². The third kappa shape index (κ3) is 12.5. The molecule has 3 aliphatic carbocycles. The molecule has 11 atom stereocenters. The number of aryl methyl sites for hydroxylation is 1. The van der Waals surface area contributed by atoms with Crippen LogP contribution in [0.5, 0.6) is 0 Å². The van der Waals surface area contributed by atoms with Gasteiger partial charge >= 0.3 is 5.97 Å². The lowest BCUT2D eigenvalue weighted by molar-refractivity contribution is -0.150. The Balaban J connectivity index is 1.39. The van der Waals surface area contributed by atoms with Crippen LogP contribution in [0.15, 0.2) is 41.8 Å². The molecule has 0 bridgehead atoms. The Morgan fingerprint density at radius 2 is 1.75 bits per heavy atom. The first-order valence-electron chi connectivity index (χ1n) is 23.0. The van der Waals surface area contributed by atoms with Gasteiger partial charge in [-0.1, -0.05) is 78.0 Å². The van der Waals surface area contributed by atoms with Gasteiger partial charge in [0.2, 0.25) is 0 Å². The Hall–Kier alpha value is -2.59. The average molecular weight is 794 g/mol. The molecular formula is C48H79N3O6. The lowest BCUT2D eigenvalue weighted by Crippen LogP contribution is -2.42. The highest BCUT2D eigenvalue weighted by molar-refractivity contribution is 5.71. The zero-order chi connectivity index (χ0) is 41.1. The quantitative estimate of drug-likeness (QED) is 0.0508. The molecule has 0 saturated heterocycles. The fourth-order valence-electron chi connectivity index (χ4n) is 11.5. The second kappa shape index (κ2) is 21.6. The summed E-state index contributed by atoms with van der Waals surface area (Å²) in [5.41, 5.74) is 9.88. The van der Waals surface area contributed by atoms with Crippen LogP contribution in [0.25, 0.3) is 0 Å². The molecule has 11 unspecified atom stereocenters. The van der Waals surface area contributed by atoms with Crippen molar-refractivity contribution in [3.05, 3.63) is 58.7 Å². The molecule has 4 aliphatic rings. The first-order valence-corrected chi connectivity index (χ1v) is 23.0. The van der Waals surface area contributed by atoms with E-state index in [1.54, 1.807) is 0 Å². The summed E-state index contributed by atoms with van der Waals surface area (Å²) < 4.78 is 0. The number of rotatable bonds is 19. The van der Waals surface area contributed by atoms with Crippen LogP contribution in [0, 0.1) is 41.4 Å². The molecular weight excluding hydrogens is 715 g/mol. The number of dihydropyridines is 1. The van der Waals surface area contributed by atoms with E-state index in [9.17, 15) is 30.3 Å². The van der Waals surface area contributed by atoms with E-state index in [4.69, 9.17) is 5.73 Å². The van der Waals surface area contributed by atoms with Crippen LogP contribution in [-0.4, -0.2) is 67.4 Å². The summed E-state index contributed by atoms with van der Waals surface area (Å²) in [4.78, 5) is 16.9. The molecule has 2 fully saturated rings. The van der Waals surface area contributed by atoms with Crippen LogP contribution in [-0.2, 0) is 11.2 Å². The minimum absolute atomic E-state index is 0.00419. The predicted octanol–water partition coefficient (Wildman–Crippen LogP) is 8.60. The number of hydrogen-bond acceptors (Lipinski definition) is 7. The van der Waals surface area contributed by atoms with Gasteiger partial charge in [-0.3, -0.25) is 4.79 Å². The molecule has 0 spiro atoms. The number of carbonyl (C=O) groups is 1. The van der Waals surface area contributed by atoms with Gasteiger partial charge in [0.1, 0.15) is 0 Å². The maximum Gasteiger partial charge on any atom is 0.309 e. The van der Waals surface area contributed by atoms with Gasteiger partial charge in [0, 0.05) is 36.4 Å². The van der Waals surface area contributed by atoms with Gasteiger partial charge in [0.05, 0.1) is 29.5 Å². The molecule has 0 radical (unpaired) electrons. The van der Waals surface area contributed by atoms with Gasteiger partial charge in [-0.2, -0.15) is 0 Å². The first kappa shape index (κ1) is 45.5. The van der Waals surface area contributed by atoms with Crippen LogP contribution < -0.4 is 11.1 Å². The van der Waals surface area contributed by atoms with Crippen molar-refractivity contribution in [3.8, 4) is 0 Å². The van der Waals surface area contributed by atoms with E-state index in [-0.39, 0.29) is 48.7 Å². The maximum absolute atomic E-state index is 13.0. The topological polar surface area (TPSA) is 172 Å². The number of aliphatic hydroxyl groups is 4. The van der Waals surface area contributed by atoms with Gasteiger partial charge in [0.15, 0.2) is 0 Å². The van der Waals surface area contributed by atoms with Crippen molar-refractivity contribution in [2.75, 3.05) is 13.2 Å². The van der Waals surface area contributed by atoms with Crippen LogP contribution in [0.1, 0.15) is 172 Å². The molecule has 9 nitrogen and oxygen atoms in total. The zero-order valence-electron chi connectivity index (χ0n) is 35.8. The molecule has 9 heteroatoms. The number of allylic oxidation sites excluding steroid dienone is 3. The normalized spacial score (nSPS) is 32.7. The summed E-state index contributed by atoms with van der Waals surface area (Å²) in [7, 11) is 0. The number of nitrogens with two attached hydrogens (primary N) is 1. The monoisotopic (exact) mass is 794 g/mol. The molecule has 5 rings (SSSR count). The number of unbranched alkanes of at least 4 members (excludes halogenated alkanes) is 3. The van der Waals surface area contributed by atoms with Crippen molar-refractivity contribution in [1.82, 2.24) is 10.3 Å². The number of nitrogens with one attached hydrogen (secondary N) is 2. The standard InChI is InChI=1S/C48H79N3O6/c1-5-6-7-11-33-15-16-36(44(54)27-33)12-8-9-13-37-17-18-38(42-29-39(32(4)24-31(2)3)41(51-42)14-10-23-52)40-26-35(25-34-20-22-50-45(49)28-34)30-48(40,57)21-19-43(53)46(37)47(55)56/h15-16,20,28-29,31-33,35-38,40,43-44,46,50-54,57H,5-14,17-19,21-27,30,49H2,1-4H3,(H,55,56). The summed E-state index contributed by atoms with van der Waals surface area (Å²) >= 11 is 0. The third-order valence-corrected chi connectivity index (χ3v) is 14.4. The number of aromatic amines is 1. The zero-order valence-corrected chi connectivity index (χ0v) is 35.8. The van der Waals surface area contributed by atoms with E-state index in [0.29, 0.717) is 62.2 Å². The van der Waals surface area contributed by atoms with Crippen LogP contribution in [0.2, 0.25) is 0 Å². The van der Waals surface area contributed by atoms with E-state index in [1.165, 1.54) is 36.1 Å². The maximum atomic E-state index is 13.0. The number of H-pyrrole nitrogens is 1. The molecule has 2 heterocycles. The summed E-state index contributed by atoms with van der Waals surface area (Å²) in [5.74, 6) is 0.274. The van der Waals surface area contributed by atoms with Crippen LogP contribution in [0.4, 0.5) is 0 Å². The fourth-order valence-corrected chi connectivity index (χ4v) is 11.5. The second-order valence-electron chi connectivity index (χ2n) is 19.3. The van der Waals surface area contributed by atoms with Crippen molar-refractivity contribution in [2.24, 2.45) is 47.2 Å². The van der Waals surface area contributed by atoms with E-state index in [1.807, 2.05) is 6.08 Å². The minimum atomic E-state index is -1.04. The molecule has 1 aromatic rings. The molecule has 322 valence electrons. The first-order chi connectivity index (χ1) is 27.3. The van der Waals surface area contributed by atoms with Gasteiger partial charge < -0.3 is 41.6 Å². The Morgan fingerprint density at radius 3 is 2.46 bits per heavy atom. The van der Waals surface area contributed by atoms with Crippen LogP contribution >= 0.6 is 0 Å². The molecule has 0 amide bonds. The highest BCUT2D eigenvalue weighted by Gasteiger charge is 2.51. The number of carboxylic acid groups (broad SMARTS) is 1. The number of hydrogen-bond donors (Lipinski definition) is 8. The second-order valence-corrected chi connectivity index (χ2v) is 19.3. The number of aromatic nitrogens is 1. The Bertz CT molecular complexity index is 1500. The number of carboxylic acids is 1. The number of aliphatic carboxylic acids is 1. The van der Waals surface area contributed by atoms with Crippen molar-refractivity contribution in [1.29, 1.82) is 0 Å². The smallest absolute Gasteiger partial charge is 0.309 e. The molecule has 1 aromatic heterocycles. The third-order valence-electron chi connectivity index (χ3n) is 14.4. The van der Waals surface area contributed by atoms with Crippen molar-refractivity contribution in [3.63, 3.8) is 0 Å². The molecule has 0 aromatic carbocycles. The van der Waals surface area contributed by atoms with E-state index >= 15 is 0 Å². The number of aliphatic hydroxyl groups excluding tert-OH is 3. The largest absolute Gasteiger partial charge is 0.481 e. The predicted molar refractivity (Wildman–Crippen MR) is 229 cm³/mol. The van der Waals surface area contributed by atoms with Gasteiger partial charge in [-0.05, 0) is 149 Å². The molecule has 1 aliphatic heterocycles. The van der Waals surface area contributed by atoms with Crippen LogP contribution in [0.3, 0.4) is 0 Å². The van der Waals surface area contributed by atoms with E-state index in [2.05, 4.69) is 62.3 Å². The lowest BCUT2D eigenvalue weighted by Gasteiger charge is -2.40. The average Bonchev–Trinajstić information content (AvgIpc) is 3.72. The molecule has 9 N–H and O–H groups in total. The van der Waals surface area contributed by atoms with Gasteiger partial charge in [-0.25, -0.2) is 0 Å². The SMILES string of the molecule is CCCCCC1C=CC(CCCCC2CCC(c3cc(C(C)CC(C)C)c(CCCO)[nH]3)C3CC(CC4=CCNC(N)=C4)CC3(O)CCC(O)C2C(=O)O)C(O)C1. The Kier molecular flexibility index (Phi) is 17.2. The van der Waals surface area contributed by atoms with E-state index < -0.39 is 23.6 Å². The molecule has 57 heavy (non-hydrogen) atoms. The highest BCUT2D eigenvalue weighted by atomic mass is 16.4. The summed E-state index contributed by atoms with van der Waals surface area (Å²) in [6, 6.07) is 2.35. The summed E-state index contributed by atoms with van der Waals surface area (Å²) in [5, 5.41) is 59.1. The van der Waals surface area contributed by atoms with E-state index in [0.717, 1.165) is 69.9 Å². The van der Waals surface area contributed by atoms with Crippen molar-refractivity contribution < 1.29 is 30.3 Å². The Morgan fingerprint density at radius 1 is 0.982 bits per heavy atom. The van der Waals surface area contributed by atoms with Gasteiger partial charge in [0.25, 0.3) is 0 Å².